The lowest BCUT2D eigenvalue weighted by Gasteiger charge is -2.33. The minimum absolute atomic E-state index is 0.101. The van der Waals surface area contributed by atoms with E-state index in [9.17, 15) is 10.2 Å². The normalized spacial score (nSPS) is 13.6. The zero-order valence-corrected chi connectivity index (χ0v) is 37.9. The molecule has 0 aliphatic rings. The van der Waals surface area contributed by atoms with E-state index in [2.05, 4.69) is 107 Å². The lowest BCUT2D eigenvalue weighted by Crippen LogP contribution is -2.28. The molecule has 0 amide bonds. The van der Waals surface area contributed by atoms with Crippen LogP contribution >= 0.6 is 23.5 Å². The Bertz CT molecular complexity index is 1670. The quantitative estimate of drug-likeness (QED) is 0.115. The van der Waals surface area contributed by atoms with Crippen molar-refractivity contribution in [1.82, 2.24) is 0 Å². The second-order valence-corrected chi connectivity index (χ2v) is 20.5. The molecule has 0 radical (unpaired) electrons. The Morgan fingerprint density at radius 3 is 0.911 bits per heavy atom. The maximum absolute atomic E-state index is 11.0. The van der Waals surface area contributed by atoms with Crippen molar-refractivity contribution in [3.8, 4) is 34.1 Å². The summed E-state index contributed by atoms with van der Waals surface area (Å²) < 4.78 is 25.0. The van der Waals surface area contributed by atoms with Gasteiger partial charge in [0, 0.05) is 32.0 Å². The molecule has 0 fully saturated rings. The van der Waals surface area contributed by atoms with Crippen LogP contribution in [0.1, 0.15) is 105 Å². The SMILES string of the molecule is CSc1ccc(OCC(O)COc2c(C(C)(C)C)cc(-c3cc(C(C)(C)C)c(OCC(O)COc4ccc(SC)cc4)c(C(C)(C)C)c3)cc2C(C)(C)C)cc1. The van der Waals surface area contributed by atoms with Crippen LogP contribution in [0.4, 0.5) is 0 Å². The van der Waals surface area contributed by atoms with Crippen LogP contribution < -0.4 is 18.9 Å². The van der Waals surface area contributed by atoms with Crippen LogP contribution in [0.2, 0.25) is 0 Å². The summed E-state index contributed by atoms with van der Waals surface area (Å²) in [5.41, 5.74) is 5.43. The number of benzene rings is 4. The van der Waals surface area contributed by atoms with Gasteiger partial charge in [0.15, 0.2) is 0 Å². The lowest BCUT2D eigenvalue weighted by molar-refractivity contribution is 0.0612. The molecule has 0 aliphatic carbocycles. The van der Waals surface area contributed by atoms with Crippen molar-refractivity contribution in [3.05, 3.63) is 95.1 Å². The molecule has 0 bridgehead atoms. The molecule has 6 nitrogen and oxygen atoms in total. The third-order valence-electron chi connectivity index (χ3n) is 9.59. The van der Waals surface area contributed by atoms with Crippen molar-refractivity contribution in [2.45, 2.75) is 127 Å². The van der Waals surface area contributed by atoms with Crippen molar-refractivity contribution < 1.29 is 29.2 Å². The number of aliphatic hydroxyl groups is 2. The van der Waals surface area contributed by atoms with E-state index in [4.69, 9.17) is 18.9 Å². The first-order chi connectivity index (χ1) is 26.0. The molecule has 0 spiro atoms. The van der Waals surface area contributed by atoms with Crippen LogP contribution in [-0.4, -0.2) is 61.4 Å². The minimum Gasteiger partial charge on any atom is -0.491 e. The van der Waals surface area contributed by atoms with Gasteiger partial charge in [-0.2, -0.15) is 0 Å². The standard InChI is InChI=1S/C48H66O6S2/c1-45(2,3)39-23-31(24-40(46(4,5)6)43(39)53-29-33(49)27-51-35-15-19-37(55-13)20-16-35)32-25-41(47(7,8)9)44(42(26-32)48(10,11)12)54-30-34(50)28-52-36-17-21-38(56-14)22-18-36/h15-26,33-34,49-50H,27-30H2,1-14H3. The van der Waals surface area contributed by atoms with E-state index in [-0.39, 0.29) is 48.1 Å². The van der Waals surface area contributed by atoms with Gasteiger partial charge >= 0.3 is 0 Å². The highest BCUT2D eigenvalue weighted by Gasteiger charge is 2.32. The number of ether oxygens (including phenoxy) is 4. The highest BCUT2D eigenvalue weighted by molar-refractivity contribution is 7.98. The molecule has 4 aromatic rings. The summed E-state index contributed by atoms with van der Waals surface area (Å²) in [5.74, 6) is 3.05. The minimum atomic E-state index is -0.816. The smallest absolute Gasteiger partial charge is 0.126 e. The third-order valence-corrected chi connectivity index (χ3v) is 11.1. The van der Waals surface area contributed by atoms with E-state index in [0.29, 0.717) is 0 Å². The molecule has 2 atom stereocenters. The molecule has 4 rings (SSSR count). The Labute approximate surface area is 346 Å². The summed E-state index contributed by atoms with van der Waals surface area (Å²) in [7, 11) is 0. The monoisotopic (exact) mass is 802 g/mol. The molecular weight excluding hydrogens is 737 g/mol. The summed E-state index contributed by atoms with van der Waals surface area (Å²) in [6, 6.07) is 24.8. The Hall–Kier alpha value is -3.30. The fourth-order valence-corrected chi connectivity index (χ4v) is 7.13. The molecule has 0 aromatic heterocycles. The summed E-state index contributed by atoms with van der Waals surface area (Å²) in [4.78, 5) is 2.32. The van der Waals surface area contributed by atoms with Gasteiger partial charge in [0.2, 0.25) is 0 Å². The van der Waals surface area contributed by atoms with Crippen LogP contribution in [0, 0.1) is 0 Å². The number of thioether (sulfide) groups is 2. The van der Waals surface area contributed by atoms with Crippen molar-refractivity contribution in [2.75, 3.05) is 38.9 Å². The first kappa shape index (κ1) is 45.4. The summed E-state index contributed by atoms with van der Waals surface area (Å²) in [5, 5.41) is 22.0. The molecule has 0 aliphatic heterocycles. The van der Waals surface area contributed by atoms with Crippen LogP contribution in [0.15, 0.2) is 82.6 Å². The Morgan fingerprint density at radius 1 is 0.429 bits per heavy atom. The molecule has 0 saturated heterocycles. The topological polar surface area (TPSA) is 77.4 Å². The van der Waals surface area contributed by atoms with Crippen LogP contribution in [0.25, 0.3) is 11.1 Å². The summed E-state index contributed by atoms with van der Waals surface area (Å²) in [6.45, 7) is 26.9. The number of hydrogen-bond donors (Lipinski definition) is 2. The van der Waals surface area contributed by atoms with Crippen molar-refractivity contribution >= 4 is 23.5 Å². The average Bonchev–Trinajstić information content (AvgIpc) is 3.12. The molecule has 0 heterocycles. The molecular formula is C48H66O6S2. The second kappa shape index (κ2) is 18.5. The van der Waals surface area contributed by atoms with E-state index >= 15 is 0 Å². The van der Waals surface area contributed by atoms with Gasteiger partial charge in [-0.25, -0.2) is 0 Å². The number of aliphatic hydroxyl groups excluding tert-OH is 2. The van der Waals surface area contributed by atoms with Crippen molar-refractivity contribution in [1.29, 1.82) is 0 Å². The van der Waals surface area contributed by atoms with Crippen LogP contribution in [0.5, 0.6) is 23.0 Å². The molecule has 2 N–H and O–H groups in total. The molecule has 8 heteroatoms. The zero-order chi connectivity index (χ0) is 41.6. The molecule has 306 valence electrons. The third kappa shape index (κ3) is 12.3. The first-order valence-corrected chi connectivity index (χ1v) is 22.0. The highest BCUT2D eigenvalue weighted by Crippen LogP contribution is 2.47. The predicted octanol–water partition coefficient (Wildman–Crippen LogP) is 11.6. The van der Waals surface area contributed by atoms with Crippen molar-refractivity contribution in [2.24, 2.45) is 0 Å². The van der Waals surface area contributed by atoms with Gasteiger partial charge in [0.25, 0.3) is 0 Å². The van der Waals surface area contributed by atoms with E-state index in [1.54, 1.807) is 23.5 Å². The number of rotatable bonds is 15. The Kier molecular flexibility index (Phi) is 15.0. The van der Waals surface area contributed by atoms with Gasteiger partial charge in [0.05, 0.1) is 0 Å². The van der Waals surface area contributed by atoms with Gasteiger partial charge in [-0.05, 0) is 118 Å². The van der Waals surface area contributed by atoms with Crippen LogP contribution in [-0.2, 0) is 21.7 Å². The molecule has 2 unspecified atom stereocenters. The lowest BCUT2D eigenvalue weighted by atomic mass is 9.75. The van der Waals surface area contributed by atoms with Crippen LogP contribution in [0.3, 0.4) is 0 Å². The number of hydrogen-bond acceptors (Lipinski definition) is 8. The second-order valence-electron chi connectivity index (χ2n) is 18.7. The predicted molar refractivity (Wildman–Crippen MR) is 237 cm³/mol. The Balaban J connectivity index is 1.69. The van der Waals surface area contributed by atoms with Gasteiger partial charge in [-0.1, -0.05) is 83.1 Å². The van der Waals surface area contributed by atoms with Gasteiger partial charge < -0.3 is 29.2 Å². The maximum atomic E-state index is 11.0. The summed E-state index contributed by atoms with van der Waals surface area (Å²) >= 11 is 3.36. The van der Waals surface area contributed by atoms with E-state index < -0.39 is 12.2 Å². The highest BCUT2D eigenvalue weighted by atomic mass is 32.2. The first-order valence-electron chi connectivity index (χ1n) is 19.5. The largest absolute Gasteiger partial charge is 0.491 e. The fraction of sp³-hybridized carbons (Fsp3) is 0.500. The molecule has 4 aromatic carbocycles. The maximum Gasteiger partial charge on any atom is 0.126 e. The van der Waals surface area contributed by atoms with Gasteiger partial charge in [0.1, 0.15) is 61.6 Å². The van der Waals surface area contributed by atoms with E-state index in [1.807, 2.05) is 61.0 Å². The van der Waals surface area contributed by atoms with E-state index in [1.165, 1.54) is 0 Å². The van der Waals surface area contributed by atoms with E-state index in [0.717, 1.165) is 66.2 Å². The Morgan fingerprint density at radius 2 is 0.679 bits per heavy atom. The average molecular weight is 803 g/mol. The summed E-state index contributed by atoms with van der Waals surface area (Å²) in [6.07, 6.45) is 2.45. The fourth-order valence-electron chi connectivity index (χ4n) is 6.31. The zero-order valence-electron chi connectivity index (χ0n) is 36.3. The van der Waals surface area contributed by atoms with Crippen molar-refractivity contribution in [3.63, 3.8) is 0 Å². The van der Waals surface area contributed by atoms with Gasteiger partial charge in [-0.15, -0.1) is 23.5 Å². The van der Waals surface area contributed by atoms with Gasteiger partial charge in [-0.3, -0.25) is 0 Å². The molecule has 0 saturated carbocycles. The molecule has 56 heavy (non-hydrogen) atoms.